The number of ether oxygens (including phenoxy) is 1. The van der Waals surface area contributed by atoms with Gasteiger partial charge in [0.15, 0.2) is 0 Å². The van der Waals surface area contributed by atoms with E-state index in [0.717, 1.165) is 11.7 Å². The van der Waals surface area contributed by atoms with E-state index in [1.807, 2.05) is 12.1 Å². The van der Waals surface area contributed by atoms with Crippen LogP contribution in [0.2, 0.25) is 0 Å². The van der Waals surface area contributed by atoms with Gasteiger partial charge in [-0.2, -0.15) is 0 Å². The molecule has 0 heterocycles. The molecule has 1 N–H and O–H groups in total. The SMILES string of the molecule is O=C(O)c1ccc(Oc2ccc(C3CCC3)cc2)cc1. The van der Waals surface area contributed by atoms with Crippen molar-refractivity contribution in [1.82, 2.24) is 0 Å². The lowest BCUT2D eigenvalue weighted by molar-refractivity contribution is 0.0697. The van der Waals surface area contributed by atoms with E-state index in [0.29, 0.717) is 5.75 Å². The Labute approximate surface area is 117 Å². The van der Waals surface area contributed by atoms with Crippen LogP contribution < -0.4 is 4.74 Å². The Balaban J connectivity index is 1.68. The van der Waals surface area contributed by atoms with Gasteiger partial charge in [0.25, 0.3) is 0 Å². The van der Waals surface area contributed by atoms with Crippen LogP contribution in [0.5, 0.6) is 11.5 Å². The van der Waals surface area contributed by atoms with Gasteiger partial charge in [0.2, 0.25) is 0 Å². The third kappa shape index (κ3) is 2.67. The Morgan fingerprint density at radius 1 is 0.950 bits per heavy atom. The average molecular weight is 268 g/mol. The number of aromatic carboxylic acids is 1. The van der Waals surface area contributed by atoms with E-state index in [9.17, 15) is 4.79 Å². The Morgan fingerprint density at radius 3 is 1.95 bits per heavy atom. The first-order valence-electron chi connectivity index (χ1n) is 6.83. The highest BCUT2D eigenvalue weighted by Gasteiger charge is 2.19. The van der Waals surface area contributed by atoms with Gasteiger partial charge in [0, 0.05) is 0 Å². The van der Waals surface area contributed by atoms with Gasteiger partial charge in [0.1, 0.15) is 11.5 Å². The average Bonchev–Trinajstić information content (AvgIpc) is 2.39. The van der Waals surface area contributed by atoms with Gasteiger partial charge < -0.3 is 9.84 Å². The predicted octanol–water partition coefficient (Wildman–Crippen LogP) is 4.44. The van der Waals surface area contributed by atoms with Crippen LogP contribution in [0.1, 0.15) is 41.1 Å². The monoisotopic (exact) mass is 268 g/mol. The summed E-state index contributed by atoms with van der Waals surface area (Å²) in [6, 6.07) is 14.6. The maximum absolute atomic E-state index is 10.8. The zero-order chi connectivity index (χ0) is 13.9. The number of hydrogen-bond donors (Lipinski definition) is 1. The summed E-state index contributed by atoms with van der Waals surface area (Å²) in [5.41, 5.74) is 1.64. The quantitative estimate of drug-likeness (QED) is 0.891. The molecule has 3 nitrogen and oxygen atoms in total. The molecule has 1 aliphatic rings. The summed E-state index contributed by atoms with van der Waals surface area (Å²) in [5, 5.41) is 8.84. The number of carboxylic acid groups (broad SMARTS) is 1. The number of carboxylic acids is 1. The highest BCUT2D eigenvalue weighted by atomic mass is 16.5. The normalized spacial score (nSPS) is 14.6. The fourth-order valence-electron chi connectivity index (χ4n) is 2.35. The summed E-state index contributed by atoms with van der Waals surface area (Å²) in [5.74, 6) is 1.21. The molecule has 1 aliphatic carbocycles. The third-order valence-electron chi connectivity index (χ3n) is 3.79. The van der Waals surface area contributed by atoms with Crippen molar-refractivity contribution in [3.8, 4) is 11.5 Å². The lowest BCUT2D eigenvalue weighted by atomic mass is 9.80. The van der Waals surface area contributed by atoms with Gasteiger partial charge in [0.05, 0.1) is 5.56 Å². The maximum Gasteiger partial charge on any atom is 0.335 e. The van der Waals surface area contributed by atoms with E-state index in [1.54, 1.807) is 24.3 Å². The summed E-state index contributed by atoms with van der Waals surface area (Å²) in [4.78, 5) is 10.8. The first kappa shape index (κ1) is 12.7. The standard InChI is InChI=1S/C17H16O3/c18-17(19)14-6-10-16(11-7-14)20-15-8-4-13(5-9-15)12-2-1-3-12/h4-12H,1-3H2,(H,18,19). The molecule has 0 spiro atoms. The third-order valence-corrected chi connectivity index (χ3v) is 3.79. The molecule has 102 valence electrons. The topological polar surface area (TPSA) is 46.5 Å². The first-order chi connectivity index (χ1) is 9.72. The van der Waals surface area contributed by atoms with E-state index in [-0.39, 0.29) is 5.56 Å². The molecule has 0 radical (unpaired) electrons. The predicted molar refractivity (Wildman–Crippen MR) is 76.5 cm³/mol. The molecule has 0 aliphatic heterocycles. The van der Waals surface area contributed by atoms with Crippen LogP contribution in [-0.2, 0) is 0 Å². The minimum Gasteiger partial charge on any atom is -0.478 e. The molecule has 1 fully saturated rings. The fourth-order valence-corrected chi connectivity index (χ4v) is 2.35. The summed E-state index contributed by atoms with van der Waals surface area (Å²) < 4.78 is 5.71. The zero-order valence-electron chi connectivity index (χ0n) is 11.1. The van der Waals surface area contributed by atoms with Crippen molar-refractivity contribution in [3.05, 3.63) is 59.7 Å². The molecule has 3 heteroatoms. The van der Waals surface area contributed by atoms with Crippen molar-refractivity contribution in [3.63, 3.8) is 0 Å². The van der Waals surface area contributed by atoms with Crippen molar-refractivity contribution in [1.29, 1.82) is 0 Å². The molecule has 0 unspecified atom stereocenters. The zero-order valence-corrected chi connectivity index (χ0v) is 11.1. The summed E-state index contributed by atoms with van der Waals surface area (Å²) in [6.45, 7) is 0. The highest BCUT2D eigenvalue weighted by Crippen LogP contribution is 2.37. The minimum absolute atomic E-state index is 0.262. The first-order valence-corrected chi connectivity index (χ1v) is 6.83. The van der Waals surface area contributed by atoms with E-state index < -0.39 is 5.97 Å². The van der Waals surface area contributed by atoms with Crippen molar-refractivity contribution < 1.29 is 14.6 Å². The maximum atomic E-state index is 10.8. The largest absolute Gasteiger partial charge is 0.478 e. The van der Waals surface area contributed by atoms with Gasteiger partial charge in [-0.1, -0.05) is 18.6 Å². The van der Waals surface area contributed by atoms with Crippen molar-refractivity contribution >= 4 is 5.97 Å². The van der Waals surface area contributed by atoms with Crippen molar-refractivity contribution in [2.75, 3.05) is 0 Å². The second-order valence-electron chi connectivity index (χ2n) is 5.13. The van der Waals surface area contributed by atoms with Gasteiger partial charge in [-0.15, -0.1) is 0 Å². The molecule has 2 aromatic rings. The van der Waals surface area contributed by atoms with Crippen LogP contribution in [0.15, 0.2) is 48.5 Å². The molecule has 20 heavy (non-hydrogen) atoms. The van der Waals surface area contributed by atoms with Gasteiger partial charge in [-0.3, -0.25) is 0 Å². The molecule has 1 saturated carbocycles. The van der Waals surface area contributed by atoms with Crippen LogP contribution in [0, 0.1) is 0 Å². The number of rotatable bonds is 4. The van der Waals surface area contributed by atoms with Gasteiger partial charge in [-0.05, 0) is 60.7 Å². The Bertz CT molecular complexity index is 595. The summed E-state index contributed by atoms with van der Waals surface area (Å²) >= 11 is 0. The van der Waals surface area contributed by atoms with Crippen LogP contribution in [-0.4, -0.2) is 11.1 Å². The number of benzene rings is 2. The van der Waals surface area contributed by atoms with Crippen molar-refractivity contribution in [2.45, 2.75) is 25.2 Å². The van der Waals surface area contributed by atoms with Gasteiger partial charge >= 0.3 is 5.97 Å². The Hall–Kier alpha value is -2.29. The lowest BCUT2D eigenvalue weighted by Crippen LogP contribution is -2.08. The molecular formula is C17H16O3. The Morgan fingerprint density at radius 2 is 1.50 bits per heavy atom. The van der Waals surface area contributed by atoms with Crippen LogP contribution >= 0.6 is 0 Å². The summed E-state index contributed by atoms with van der Waals surface area (Å²) in [6.07, 6.45) is 3.91. The Kier molecular flexibility index (Phi) is 3.42. The van der Waals surface area contributed by atoms with Crippen LogP contribution in [0.4, 0.5) is 0 Å². The molecule has 0 aromatic heterocycles. The number of hydrogen-bond acceptors (Lipinski definition) is 2. The van der Waals surface area contributed by atoms with Crippen molar-refractivity contribution in [2.24, 2.45) is 0 Å². The molecule has 0 saturated heterocycles. The van der Waals surface area contributed by atoms with E-state index in [4.69, 9.17) is 9.84 Å². The second kappa shape index (κ2) is 5.37. The van der Waals surface area contributed by atoms with E-state index in [1.165, 1.54) is 24.8 Å². The molecule has 0 bridgehead atoms. The van der Waals surface area contributed by atoms with E-state index in [2.05, 4.69) is 12.1 Å². The highest BCUT2D eigenvalue weighted by molar-refractivity contribution is 5.87. The molecule has 2 aromatic carbocycles. The molecule has 0 amide bonds. The molecular weight excluding hydrogens is 252 g/mol. The lowest BCUT2D eigenvalue weighted by Gasteiger charge is -2.25. The van der Waals surface area contributed by atoms with Gasteiger partial charge in [-0.25, -0.2) is 4.79 Å². The second-order valence-corrected chi connectivity index (χ2v) is 5.13. The fraction of sp³-hybridized carbons (Fsp3) is 0.235. The number of carbonyl (C=O) groups is 1. The van der Waals surface area contributed by atoms with Crippen LogP contribution in [0.3, 0.4) is 0 Å². The molecule has 3 rings (SSSR count). The summed E-state index contributed by atoms with van der Waals surface area (Å²) in [7, 11) is 0. The van der Waals surface area contributed by atoms with E-state index >= 15 is 0 Å². The molecule has 0 atom stereocenters. The minimum atomic E-state index is -0.929. The van der Waals surface area contributed by atoms with Crippen LogP contribution in [0.25, 0.3) is 0 Å². The smallest absolute Gasteiger partial charge is 0.335 e.